The zero-order chi connectivity index (χ0) is 14.8. The number of amides is 1. The average molecular weight is 278 g/mol. The van der Waals surface area contributed by atoms with Gasteiger partial charge in [-0.3, -0.25) is 0 Å². The molecule has 0 aromatic carbocycles. The van der Waals surface area contributed by atoms with Crippen LogP contribution in [0.2, 0.25) is 0 Å². The zero-order valence-corrected chi connectivity index (χ0v) is 12.3. The summed E-state index contributed by atoms with van der Waals surface area (Å²) in [5.74, 6) is 0.784. The fraction of sp³-hybridized carbons (Fsp3) is 0.643. The lowest BCUT2D eigenvalue weighted by molar-refractivity contribution is 0.0197. The van der Waals surface area contributed by atoms with Crippen molar-refractivity contribution in [2.45, 2.75) is 45.1 Å². The van der Waals surface area contributed by atoms with E-state index in [4.69, 9.17) is 10.1 Å². The molecule has 0 saturated carbocycles. The van der Waals surface area contributed by atoms with Crippen LogP contribution in [0.3, 0.4) is 0 Å². The van der Waals surface area contributed by atoms with Gasteiger partial charge in [0.15, 0.2) is 0 Å². The highest BCUT2D eigenvalue weighted by Crippen LogP contribution is 2.26. The molecule has 2 N–H and O–H groups in total. The Morgan fingerprint density at radius 3 is 2.95 bits per heavy atom. The van der Waals surface area contributed by atoms with E-state index in [0.29, 0.717) is 12.4 Å². The third-order valence-corrected chi connectivity index (χ3v) is 3.26. The maximum Gasteiger partial charge on any atom is 0.410 e. The number of carbonyl (C=O) groups is 1. The highest BCUT2D eigenvalue weighted by Gasteiger charge is 2.29. The highest BCUT2D eigenvalue weighted by molar-refractivity contribution is 5.71. The first-order chi connectivity index (χ1) is 9.39. The normalized spacial score (nSPS) is 19.8. The Hall–Kier alpha value is -1.85. The molecule has 6 nitrogen and oxygen atoms in total. The first-order valence-electron chi connectivity index (χ1n) is 6.92. The van der Waals surface area contributed by atoms with E-state index >= 15 is 0 Å². The first kappa shape index (κ1) is 14.6. The molecule has 20 heavy (non-hydrogen) atoms. The average Bonchev–Trinajstić information content (AvgIpc) is 2.85. The number of likely N-dealkylation sites (tertiary alicyclic amines) is 1. The summed E-state index contributed by atoms with van der Waals surface area (Å²) in [6.07, 6.45) is 4.65. The minimum absolute atomic E-state index is 0.234. The maximum atomic E-state index is 12.1. The van der Waals surface area contributed by atoms with Crippen LogP contribution in [0.15, 0.2) is 6.20 Å². The van der Waals surface area contributed by atoms with Crippen LogP contribution < -0.4 is 0 Å². The lowest BCUT2D eigenvalue weighted by Crippen LogP contribution is -2.42. The van der Waals surface area contributed by atoms with Gasteiger partial charge in [-0.05, 0) is 33.6 Å². The van der Waals surface area contributed by atoms with Gasteiger partial charge in [-0.2, -0.15) is 0 Å². The van der Waals surface area contributed by atoms with Crippen molar-refractivity contribution in [3.8, 4) is 0 Å². The van der Waals surface area contributed by atoms with Gasteiger partial charge in [0.2, 0.25) is 0 Å². The Balaban J connectivity index is 2.01. The van der Waals surface area contributed by atoms with Crippen molar-refractivity contribution >= 4 is 12.3 Å². The van der Waals surface area contributed by atoms with Crippen LogP contribution in [0.25, 0.3) is 0 Å². The maximum absolute atomic E-state index is 12.1. The Labute approximate surface area is 119 Å². The smallest absolute Gasteiger partial charge is 0.410 e. The Morgan fingerprint density at radius 1 is 1.60 bits per heavy atom. The van der Waals surface area contributed by atoms with E-state index in [1.165, 1.54) is 6.21 Å². The van der Waals surface area contributed by atoms with Crippen LogP contribution >= 0.6 is 0 Å². The number of ether oxygens (including phenoxy) is 1. The van der Waals surface area contributed by atoms with Crippen molar-refractivity contribution in [1.82, 2.24) is 14.9 Å². The summed E-state index contributed by atoms with van der Waals surface area (Å²) in [6, 6.07) is 0. The molecular formula is C14H22N4O2. The molecule has 110 valence electrons. The summed E-state index contributed by atoms with van der Waals surface area (Å²) in [5.41, 5.74) is 0.516. The molecule has 2 rings (SSSR count). The minimum Gasteiger partial charge on any atom is -0.444 e. The predicted molar refractivity (Wildman–Crippen MR) is 76.3 cm³/mol. The van der Waals surface area contributed by atoms with Gasteiger partial charge in [0.1, 0.15) is 11.4 Å². The number of piperidine rings is 1. The molecule has 1 aliphatic heterocycles. The van der Waals surface area contributed by atoms with Crippen LogP contribution in [0, 0.1) is 5.41 Å². The van der Waals surface area contributed by atoms with Gasteiger partial charge in [-0.25, -0.2) is 9.78 Å². The number of aromatic amines is 1. The Bertz CT molecular complexity index is 490. The summed E-state index contributed by atoms with van der Waals surface area (Å²) in [4.78, 5) is 21.1. The third-order valence-electron chi connectivity index (χ3n) is 3.26. The molecule has 1 unspecified atom stereocenters. The van der Waals surface area contributed by atoms with E-state index in [0.717, 1.165) is 25.1 Å². The highest BCUT2D eigenvalue weighted by atomic mass is 16.6. The molecule has 0 radical (unpaired) electrons. The third kappa shape index (κ3) is 3.59. The summed E-state index contributed by atoms with van der Waals surface area (Å²) in [6.45, 7) is 6.98. The molecule has 1 amide bonds. The molecule has 1 aliphatic rings. The van der Waals surface area contributed by atoms with E-state index in [2.05, 4.69) is 9.97 Å². The number of aromatic nitrogens is 2. The molecular weight excluding hydrogens is 256 g/mol. The van der Waals surface area contributed by atoms with Gasteiger partial charge in [0, 0.05) is 30.9 Å². The van der Waals surface area contributed by atoms with Crippen LogP contribution in [-0.2, 0) is 4.74 Å². The van der Waals surface area contributed by atoms with Crippen molar-refractivity contribution in [2.24, 2.45) is 0 Å². The van der Waals surface area contributed by atoms with Crippen LogP contribution in [0.1, 0.15) is 51.0 Å². The van der Waals surface area contributed by atoms with E-state index in [-0.39, 0.29) is 12.0 Å². The topological polar surface area (TPSA) is 82.1 Å². The SMILES string of the molecule is CC(C)(C)OC(=O)N1CCCC(c2cnc(C=N)[nH]2)C1. The standard InChI is InChI=1S/C14H22N4O2/c1-14(2,3)20-13(19)18-6-4-5-10(9-18)11-8-16-12(7-15)17-11/h7-8,10,15H,4-6,9H2,1-3H3,(H,16,17). The van der Waals surface area contributed by atoms with E-state index in [1.54, 1.807) is 11.1 Å². The largest absolute Gasteiger partial charge is 0.444 e. The van der Waals surface area contributed by atoms with Crippen molar-refractivity contribution in [3.05, 3.63) is 17.7 Å². The van der Waals surface area contributed by atoms with Crippen molar-refractivity contribution in [3.63, 3.8) is 0 Å². The monoisotopic (exact) mass is 278 g/mol. The van der Waals surface area contributed by atoms with Crippen molar-refractivity contribution in [2.75, 3.05) is 13.1 Å². The predicted octanol–water partition coefficient (Wildman–Crippen LogP) is 2.52. The van der Waals surface area contributed by atoms with Gasteiger partial charge < -0.3 is 20.0 Å². The van der Waals surface area contributed by atoms with Crippen LogP contribution in [-0.4, -0.2) is 45.9 Å². The van der Waals surface area contributed by atoms with Gasteiger partial charge >= 0.3 is 6.09 Å². The number of H-pyrrole nitrogens is 1. The fourth-order valence-electron chi connectivity index (χ4n) is 2.36. The molecule has 1 aromatic rings. The zero-order valence-electron chi connectivity index (χ0n) is 12.3. The van der Waals surface area contributed by atoms with Crippen LogP contribution in [0.4, 0.5) is 4.79 Å². The molecule has 2 heterocycles. The van der Waals surface area contributed by atoms with Gasteiger partial charge in [0.05, 0.1) is 6.21 Å². The number of nitrogens with one attached hydrogen (secondary N) is 2. The van der Waals surface area contributed by atoms with Gasteiger partial charge in [0.25, 0.3) is 0 Å². The second kappa shape index (κ2) is 5.64. The van der Waals surface area contributed by atoms with E-state index in [9.17, 15) is 4.79 Å². The second-order valence-electron chi connectivity index (χ2n) is 6.13. The number of rotatable bonds is 2. The fourth-order valence-corrected chi connectivity index (χ4v) is 2.36. The number of hydrogen-bond acceptors (Lipinski definition) is 4. The number of nitrogens with zero attached hydrogens (tertiary/aromatic N) is 2. The summed E-state index contributed by atoms with van der Waals surface area (Å²) in [7, 11) is 0. The van der Waals surface area contributed by atoms with Crippen LogP contribution in [0.5, 0.6) is 0 Å². The molecule has 0 spiro atoms. The van der Waals surface area contributed by atoms with Crippen molar-refractivity contribution in [1.29, 1.82) is 5.41 Å². The van der Waals surface area contributed by atoms with E-state index < -0.39 is 5.60 Å². The minimum atomic E-state index is -0.467. The summed E-state index contributed by atoms with van der Waals surface area (Å²) < 4.78 is 5.41. The number of hydrogen-bond donors (Lipinski definition) is 2. The Morgan fingerprint density at radius 2 is 2.35 bits per heavy atom. The lowest BCUT2D eigenvalue weighted by Gasteiger charge is -2.33. The molecule has 0 bridgehead atoms. The quantitative estimate of drug-likeness (QED) is 0.815. The summed E-state index contributed by atoms with van der Waals surface area (Å²) in [5, 5.41) is 7.17. The van der Waals surface area contributed by atoms with E-state index in [1.807, 2.05) is 20.8 Å². The first-order valence-corrected chi connectivity index (χ1v) is 6.92. The van der Waals surface area contributed by atoms with Crippen molar-refractivity contribution < 1.29 is 9.53 Å². The second-order valence-corrected chi connectivity index (χ2v) is 6.13. The number of imidazole rings is 1. The lowest BCUT2D eigenvalue weighted by atomic mass is 9.95. The number of carbonyl (C=O) groups excluding carboxylic acids is 1. The summed E-state index contributed by atoms with van der Waals surface area (Å²) >= 11 is 0. The Kier molecular flexibility index (Phi) is 4.11. The molecule has 0 aliphatic carbocycles. The van der Waals surface area contributed by atoms with Gasteiger partial charge in [-0.1, -0.05) is 0 Å². The molecule has 6 heteroatoms. The molecule has 1 atom stereocenters. The molecule has 1 fully saturated rings. The molecule has 1 saturated heterocycles. The molecule has 1 aromatic heterocycles. The van der Waals surface area contributed by atoms with Gasteiger partial charge in [-0.15, -0.1) is 0 Å².